The predicted octanol–water partition coefficient (Wildman–Crippen LogP) is 2.80. The van der Waals surface area contributed by atoms with Gasteiger partial charge in [-0.2, -0.15) is 0 Å². The van der Waals surface area contributed by atoms with E-state index in [1.807, 2.05) is 32.9 Å². The van der Waals surface area contributed by atoms with Crippen LogP contribution >= 0.6 is 28.1 Å². The molecule has 0 unspecified atom stereocenters. The van der Waals surface area contributed by atoms with Crippen LogP contribution in [-0.2, 0) is 0 Å². The van der Waals surface area contributed by atoms with Gasteiger partial charge < -0.3 is 11.1 Å². The Bertz CT molecular complexity index is 486. The lowest BCUT2D eigenvalue weighted by Gasteiger charge is -2.23. The highest BCUT2D eigenvalue weighted by atomic mass is 79.9. The number of thiocarbonyl (C=S) groups is 1. The van der Waals surface area contributed by atoms with Crippen LogP contribution in [-0.4, -0.2) is 17.4 Å². The second-order valence-corrected chi connectivity index (χ2v) is 6.21. The van der Waals surface area contributed by atoms with Crippen LogP contribution < -0.4 is 11.1 Å². The fraction of sp³-hybridized carbons (Fsp3) is 0.385. The second-order valence-electron chi connectivity index (χ2n) is 4.91. The number of hydrogen-bond acceptors (Lipinski definition) is 2. The highest BCUT2D eigenvalue weighted by Crippen LogP contribution is 2.19. The Labute approximate surface area is 121 Å². The molecule has 1 aromatic rings. The minimum atomic E-state index is -0.387. The summed E-state index contributed by atoms with van der Waals surface area (Å²) in [7, 11) is 0. The molecule has 0 radical (unpaired) electrons. The molecule has 1 rings (SSSR count). The van der Waals surface area contributed by atoms with Crippen molar-refractivity contribution in [2.45, 2.75) is 20.8 Å². The maximum atomic E-state index is 12.0. The third-order valence-electron chi connectivity index (χ3n) is 2.73. The van der Waals surface area contributed by atoms with Crippen molar-refractivity contribution < 1.29 is 4.79 Å². The van der Waals surface area contributed by atoms with Gasteiger partial charge in [0.1, 0.15) is 0 Å². The van der Waals surface area contributed by atoms with Crippen LogP contribution in [0.2, 0.25) is 0 Å². The van der Waals surface area contributed by atoms with Crippen molar-refractivity contribution in [1.82, 2.24) is 5.32 Å². The van der Waals surface area contributed by atoms with Gasteiger partial charge in [0.15, 0.2) is 0 Å². The molecule has 0 heterocycles. The smallest absolute Gasteiger partial charge is 0.252 e. The van der Waals surface area contributed by atoms with Gasteiger partial charge in [0.05, 0.1) is 10.6 Å². The molecule has 0 saturated heterocycles. The van der Waals surface area contributed by atoms with Crippen molar-refractivity contribution in [2.24, 2.45) is 11.1 Å². The molecule has 0 saturated carbocycles. The summed E-state index contributed by atoms with van der Waals surface area (Å²) in [5, 5.41) is 2.84. The zero-order chi connectivity index (χ0) is 13.9. The zero-order valence-corrected chi connectivity index (χ0v) is 13.1. The first-order valence-corrected chi connectivity index (χ1v) is 6.78. The molecule has 5 heteroatoms. The van der Waals surface area contributed by atoms with Gasteiger partial charge in [-0.05, 0) is 40.5 Å². The molecule has 0 aromatic heterocycles. The molecular formula is C13H17BrN2OS. The van der Waals surface area contributed by atoms with Crippen LogP contribution in [0, 0.1) is 12.3 Å². The Kier molecular flexibility index (Phi) is 4.87. The maximum Gasteiger partial charge on any atom is 0.252 e. The SMILES string of the molecule is Cc1ccc(C(=O)NCC(C)(C)C(N)=S)c(Br)c1. The number of benzene rings is 1. The van der Waals surface area contributed by atoms with Gasteiger partial charge in [0, 0.05) is 16.4 Å². The topological polar surface area (TPSA) is 55.1 Å². The normalized spacial score (nSPS) is 11.1. The molecule has 0 fully saturated rings. The zero-order valence-electron chi connectivity index (χ0n) is 10.7. The maximum absolute atomic E-state index is 12.0. The summed E-state index contributed by atoms with van der Waals surface area (Å²) in [6, 6.07) is 5.61. The Balaban J connectivity index is 2.75. The van der Waals surface area contributed by atoms with Crippen molar-refractivity contribution >= 4 is 39.0 Å². The van der Waals surface area contributed by atoms with Crippen LogP contribution in [0.3, 0.4) is 0 Å². The molecule has 3 N–H and O–H groups in total. The molecule has 98 valence electrons. The van der Waals surface area contributed by atoms with E-state index in [0.29, 0.717) is 17.1 Å². The number of nitrogens with one attached hydrogen (secondary N) is 1. The van der Waals surface area contributed by atoms with E-state index in [1.54, 1.807) is 6.07 Å². The van der Waals surface area contributed by atoms with Gasteiger partial charge in [-0.15, -0.1) is 0 Å². The van der Waals surface area contributed by atoms with E-state index in [-0.39, 0.29) is 11.3 Å². The van der Waals surface area contributed by atoms with Crippen molar-refractivity contribution in [3.63, 3.8) is 0 Å². The van der Waals surface area contributed by atoms with E-state index >= 15 is 0 Å². The summed E-state index contributed by atoms with van der Waals surface area (Å²) in [6.07, 6.45) is 0. The van der Waals surface area contributed by atoms with Crippen LogP contribution in [0.15, 0.2) is 22.7 Å². The number of carbonyl (C=O) groups excluding carboxylic acids is 1. The number of aryl methyl sites for hydroxylation is 1. The fourth-order valence-corrected chi connectivity index (χ4v) is 2.03. The molecular weight excluding hydrogens is 312 g/mol. The van der Waals surface area contributed by atoms with E-state index in [4.69, 9.17) is 18.0 Å². The molecule has 3 nitrogen and oxygen atoms in total. The first kappa shape index (κ1) is 15.1. The first-order valence-electron chi connectivity index (χ1n) is 5.58. The summed E-state index contributed by atoms with van der Waals surface area (Å²) in [4.78, 5) is 12.4. The van der Waals surface area contributed by atoms with Crippen LogP contribution in [0.4, 0.5) is 0 Å². The molecule has 1 amide bonds. The summed E-state index contributed by atoms with van der Waals surface area (Å²) >= 11 is 8.35. The fourth-order valence-electron chi connectivity index (χ4n) is 1.29. The minimum absolute atomic E-state index is 0.133. The molecule has 18 heavy (non-hydrogen) atoms. The summed E-state index contributed by atoms with van der Waals surface area (Å²) < 4.78 is 0.785. The molecule has 1 aromatic carbocycles. The lowest BCUT2D eigenvalue weighted by molar-refractivity contribution is 0.0944. The number of amides is 1. The lowest BCUT2D eigenvalue weighted by Crippen LogP contribution is -2.41. The lowest BCUT2D eigenvalue weighted by atomic mass is 9.93. The molecule has 0 aliphatic heterocycles. The van der Waals surface area contributed by atoms with Crippen molar-refractivity contribution in [1.29, 1.82) is 0 Å². The predicted molar refractivity (Wildman–Crippen MR) is 81.8 cm³/mol. The molecule has 0 bridgehead atoms. The number of nitrogens with two attached hydrogens (primary N) is 1. The number of hydrogen-bond donors (Lipinski definition) is 2. The van der Waals surface area contributed by atoms with E-state index in [0.717, 1.165) is 10.0 Å². The van der Waals surface area contributed by atoms with Crippen molar-refractivity contribution in [2.75, 3.05) is 6.54 Å². The largest absolute Gasteiger partial charge is 0.393 e. The van der Waals surface area contributed by atoms with Crippen molar-refractivity contribution in [3.05, 3.63) is 33.8 Å². The third-order valence-corrected chi connectivity index (χ3v) is 3.94. The summed E-state index contributed by atoms with van der Waals surface area (Å²) in [5.74, 6) is -0.133. The highest BCUT2D eigenvalue weighted by molar-refractivity contribution is 9.10. The molecule has 0 aliphatic rings. The number of halogens is 1. The summed E-state index contributed by atoms with van der Waals surface area (Å²) in [6.45, 7) is 6.20. The summed E-state index contributed by atoms with van der Waals surface area (Å²) in [5.41, 5.74) is 6.94. The Morgan fingerprint density at radius 2 is 2.11 bits per heavy atom. The van der Waals surface area contributed by atoms with E-state index < -0.39 is 0 Å². The van der Waals surface area contributed by atoms with Crippen LogP contribution in [0.25, 0.3) is 0 Å². The average Bonchev–Trinajstić information content (AvgIpc) is 2.25. The van der Waals surface area contributed by atoms with E-state index in [9.17, 15) is 4.79 Å². The third kappa shape index (κ3) is 3.78. The average molecular weight is 329 g/mol. The Hall–Kier alpha value is -0.940. The van der Waals surface area contributed by atoms with Crippen molar-refractivity contribution in [3.8, 4) is 0 Å². The van der Waals surface area contributed by atoms with Crippen LogP contribution in [0.5, 0.6) is 0 Å². The quantitative estimate of drug-likeness (QED) is 0.835. The molecule has 0 spiro atoms. The monoisotopic (exact) mass is 328 g/mol. The van der Waals surface area contributed by atoms with Gasteiger partial charge in [-0.1, -0.05) is 32.1 Å². The first-order chi connectivity index (χ1) is 8.24. The molecule has 0 aliphatic carbocycles. The molecule has 0 atom stereocenters. The van der Waals surface area contributed by atoms with Crippen LogP contribution in [0.1, 0.15) is 29.8 Å². The van der Waals surface area contributed by atoms with Gasteiger partial charge in [0.2, 0.25) is 0 Å². The van der Waals surface area contributed by atoms with Gasteiger partial charge >= 0.3 is 0 Å². The van der Waals surface area contributed by atoms with E-state index in [1.165, 1.54) is 0 Å². The van der Waals surface area contributed by atoms with Gasteiger partial charge in [-0.3, -0.25) is 4.79 Å². The minimum Gasteiger partial charge on any atom is -0.393 e. The number of rotatable bonds is 4. The standard InChI is InChI=1S/C13H17BrN2OS/c1-8-4-5-9(10(14)6-8)11(17)16-7-13(2,3)12(15)18/h4-6H,7H2,1-3H3,(H2,15,18)(H,16,17). The Morgan fingerprint density at radius 3 is 2.61 bits per heavy atom. The number of carbonyl (C=O) groups is 1. The van der Waals surface area contributed by atoms with Gasteiger partial charge in [0.25, 0.3) is 5.91 Å². The highest BCUT2D eigenvalue weighted by Gasteiger charge is 2.22. The van der Waals surface area contributed by atoms with Gasteiger partial charge in [-0.25, -0.2) is 0 Å². The second kappa shape index (κ2) is 5.80. The van der Waals surface area contributed by atoms with E-state index in [2.05, 4.69) is 21.2 Å². The Morgan fingerprint density at radius 1 is 1.50 bits per heavy atom.